The van der Waals surface area contributed by atoms with Crippen molar-refractivity contribution >= 4 is 5.91 Å². The topological polar surface area (TPSA) is 46.9 Å². The number of hydrogen-bond acceptors (Lipinski definition) is 2. The zero-order valence-electron chi connectivity index (χ0n) is 18.9. The third-order valence-corrected chi connectivity index (χ3v) is 5.77. The molecule has 1 aromatic heterocycles. The van der Waals surface area contributed by atoms with Crippen LogP contribution in [0.3, 0.4) is 0 Å². The number of imidazole rings is 1. The van der Waals surface area contributed by atoms with Crippen LogP contribution in [0.4, 0.5) is 0 Å². The van der Waals surface area contributed by atoms with Crippen molar-refractivity contribution < 1.29 is 4.79 Å². The summed E-state index contributed by atoms with van der Waals surface area (Å²) in [4.78, 5) is 18.7. The molecule has 4 nitrogen and oxygen atoms in total. The van der Waals surface area contributed by atoms with E-state index in [0.29, 0.717) is 17.9 Å². The number of aromatic nitrogens is 2. The summed E-state index contributed by atoms with van der Waals surface area (Å²) in [6.45, 7) is 6.85. The fraction of sp³-hybridized carbons (Fsp3) is 0.214. The molecule has 1 N–H and O–H groups in total. The molecule has 1 heterocycles. The second kappa shape index (κ2) is 9.65. The van der Waals surface area contributed by atoms with Gasteiger partial charge >= 0.3 is 0 Å². The number of nitrogens with zero attached hydrogens (tertiary/aromatic N) is 2. The second-order valence-electron chi connectivity index (χ2n) is 7.95. The van der Waals surface area contributed by atoms with E-state index in [-0.39, 0.29) is 11.9 Å². The average molecular weight is 424 g/mol. The first-order chi connectivity index (χ1) is 15.6. The second-order valence-corrected chi connectivity index (χ2v) is 7.95. The molecule has 4 rings (SSSR count). The fourth-order valence-electron chi connectivity index (χ4n) is 4.04. The lowest BCUT2D eigenvalue weighted by atomic mass is 10.0. The van der Waals surface area contributed by atoms with Crippen molar-refractivity contribution in [2.45, 2.75) is 39.8 Å². The largest absolute Gasteiger partial charge is 0.344 e. The van der Waals surface area contributed by atoms with E-state index >= 15 is 0 Å². The van der Waals surface area contributed by atoms with E-state index < -0.39 is 0 Å². The van der Waals surface area contributed by atoms with Crippen LogP contribution in [0.5, 0.6) is 0 Å². The third kappa shape index (κ3) is 4.35. The quantitative estimate of drug-likeness (QED) is 0.372. The van der Waals surface area contributed by atoms with Crippen molar-refractivity contribution in [3.05, 3.63) is 102 Å². The van der Waals surface area contributed by atoms with Gasteiger partial charge in [-0.2, -0.15) is 0 Å². The first-order valence-electron chi connectivity index (χ1n) is 11.2. The molecule has 0 bridgehead atoms. The van der Waals surface area contributed by atoms with Gasteiger partial charge in [-0.25, -0.2) is 4.98 Å². The lowest BCUT2D eigenvalue weighted by molar-refractivity contribution is 0.0927. The summed E-state index contributed by atoms with van der Waals surface area (Å²) in [6, 6.07) is 28.3. The van der Waals surface area contributed by atoms with Gasteiger partial charge in [-0.15, -0.1) is 0 Å². The van der Waals surface area contributed by atoms with Gasteiger partial charge in [-0.05, 0) is 25.8 Å². The zero-order valence-corrected chi connectivity index (χ0v) is 18.9. The van der Waals surface area contributed by atoms with Gasteiger partial charge in [-0.1, -0.05) is 97.4 Å². The molecular formula is C28H29N3O. The summed E-state index contributed by atoms with van der Waals surface area (Å²) >= 11 is 0. The van der Waals surface area contributed by atoms with Crippen molar-refractivity contribution in [1.29, 1.82) is 0 Å². The highest BCUT2D eigenvalue weighted by atomic mass is 16.2. The Kier molecular flexibility index (Phi) is 6.50. The summed E-state index contributed by atoms with van der Waals surface area (Å²) in [5, 5.41) is 3.26. The van der Waals surface area contributed by atoms with Crippen LogP contribution in [-0.4, -0.2) is 15.5 Å². The summed E-state index contributed by atoms with van der Waals surface area (Å²) in [5.41, 5.74) is 5.53. The van der Waals surface area contributed by atoms with Gasteiger partial charge in [0, 0.05) is 17.7 Å². The maximum atomic E-state index is 13.7. The zero-order chi connectivity index (χ0) is 22.5. The highest BCUT2D eigenvalue weighted by Crippen LogP contribution is 2.30. The molecule has 0 spiro atoms. The van der Waals surface area contributed by atoms with Crippen LogP contribution in [0.1, 0.15) is 47.9 Å². The molecule has 0 aliphatic carbocycles. The van der Waals surface area contributed by atoms with E-state index in [1.54, 1.807) is 0 Å². The van der Waals surface area contributed by atoms with E-state index in [9.17, 15) is 4.79 Å². The van der Waals surface area contributed by atoms with Crippen LogP contribution < -0.4 is 5.32 Å². The van der Waals surface area contributed by atoms with Crippen molar-refractivity contribution in [3.8, 4) is 22.6 Å². The molecule has 1 amide bonds. The normalized spacial score (nSPS) is 11.8. The SMILES string of the molecule is CCC(NC(=O)c1c(-c2ccc(C)cc2)nc(-c2ccccc2)n1CC)c1ccccc1. The molecule has 1 unspecified atom stereocenters. The predicted octanol–water partition coefficient (Wildman–Crippen LogP) is 6.43. The number of carbonyl (C=O) groups excluding carboxylic acids is 1. The van der Waals surface area contributed by atoms with E-state index in [1.165, 1.54) is 5.56 Å². The average Bonchev–Trinajstić information content (AvgIpc) is 3.24. The molecule has 0 aliphatic rings. The van der Waals surface area contributed by atoms with E-state index in [0.717, 1.165) is 28.9 Å². The van der Waals surface area contributed by atoms with Gasteiger partial charge in [0.25, 0.3) is 5.91 Å². The molecule has 0 saturated carbocycles. The monoisotopic (exact) mass is 423 g/mol. The molecule has 1 atom stereocenters. The van der Waals surface area contributed by atoms with Gasteiger partial charge < -0.3 is 9.88 Å². The van der Waals surface area contributed by atoms with Gasteiger partial charge in [0.15, 0.2) is 0 Å². The van der Waals surface area contributed by atoms with E-state index in [4.69, 9.17) is 4.98 Å². The number of carbonyl (C=O) groups is 1. The van der Waals surface area contributed by atoms with Crippen LogP contribution in [0.25, 0.3) is 22.6 Å². The highest BCUT2D eigenvalue weighted by Gasteiger charge is 2.26. The fourth-order valence-corrected chi connectivity index (χ4v) is 4.04. The van der Waals surface area contributed by atoms with E-state index in [2.05, 4.69) is 50.4 Å². The molecule has 4 aromatic rings. The molecule has 32 heavy (non-hydrogen) atoms. The van der Waals surface area contributed by atoms with Crippen LogP contribution in [-0.2, 0) is 6.54 Å². The van der Waals surface area contributed by atoms with Crippen LogP contribution >= 0.6 is 0 Å². The minimum atomic E-state index is -0.104. The van der Waals surface area contributed by atoms with Crippen LogP contribution in [0.15, 0.2) is 84.9 Å². The number of rotatable bonds is 7. The lowest BCUT2D eigenvalue weighted by Crippen LogP contribution is -2.30. The Bertz CT molecular complexity index is 1180. The molecule has 0 fully saturated rings. The summed E-state index contributed by atoms with van der Waals surface area (Å²) < 4.78 is 2.03. The summed E-state index contributed by atoms with van der Waals surface area (Å²) in [5.74, 6) is 0.703. The van der Waals surface area contributed by atoms with E-state index in [1.807, 2.05) is 65.2 Å². The van der Waals surface area contributed by atoms with Crippen LogP contribution in [0, 0.1) is 6.92 Å². The maximum absolute atomic E-state index is 13.7. The van der Waals surface area contributed by atoms with Gasteiger partial charge in [0.05, 0.1) is 6.04 Å². The van der Waals surface area contributed by atoms with Crippen molar-refractivity contribution in [1.82, 2.24) is 14.9 Å². The Morgan fingerprint density at radius 2 is 1.50 bits per heavy atom. The minimum absolute atomic E-state index is 0.0602. The molecular weight excluding hydrogens is 394 g/mol. The number of hydrogen-bond donors (Lipinski definition) is 1. The molecule has 0 saturated heterocycles. The smallest absolute Gasteiger partial charge is 0.270 e. The molecule has 0 radical (unpaired) electrons. The number of amides is 1. The van der Waals surface area contributed by atoms with Crippen molar-refractivity contribution in [2.24, 2.45) is 0 Å². The lowest BCUT2D eigenvalue weighted by Gasteiger charge is -2.19. The molecule has 3 aromatic carbocycles. The molecule has 4 heteroatoms. The third-order valence-electron chi connectivity index (χ3n) is 5.77. The van der Waals surface area contributed by atoms with Crippen LogP contribution in [0.2, 0.25) is 0 Å². The van der Waals surface area contributed by atoms with Gasteiger partial charge in [0.1, 0.15) is 17.2 Å². The minimum Gasteiger partial charge on any atom is -0.344 e. The highest BCUT2D eigenvalue weighted by molar-refractivity contribution is 5.99. The van der Waals surface area contributed by atoms with Gasteiger partial charge in [0.2, 0.25) is 0 Å². The molecule has 162 valence electrons. The maximum Gasteiger partial charge on any atom is 0.270 e. The van der Waals surface area contributed by atoms with Gasteiger partial charge in [-0.3, -0.25) is 4.79 Å². The molecule has 0 aliphatic heterocycles. The first-order valence-corrected chi connectivity index (χ1v) is 11.2. The Morgan fingerprint density at radius 1 is 0.875 bits per heavy atom. The number of nitrogens with one attached hydrogen (secondary N) is 1. The number of aryl methyl sites for hydroxylation is 1. The standard InChI is InChI=1S/C28H29N3O/c1-4-24(21-12-8-6-9-13-21)29-28(32)26-25(22-18-16-20(3)17-19-22)30-27(31(26)5-2)23-14-10-7-11-15-23/h6-19,24H,4-5H2,1-3H3,(H,29,32). The Hall–Kier alpha value is -3.66. The summed E-state index contributed by atoms with van der Waals surface area (Å²) in [6.07, 6.45) is 0.807. The Labute approximate surface area is 190 Å². The predicted molar refractivity (Wildman–Crippen MR) is 130 cm³/mol. The Morgan fingerprint density at radius 3 is 2.09 bits per heavy atom. The first kappa shape index (κ1) is 21.6. The Balaban J connectivity index is 1.82. The number of benzene rings is 3. The summed E-state index contributed by atoms with van der Waals surface area (Å²) in [7, 11) is 0. The van der Waals surface area contributed by atoms with Crippen molar-refractivity contribution in [2.75, 3.05) is 0 Å². The van der Waals surface area contributed by atoms with Crippen molar-refractivity contribution in [3.63, 3.8) is 0 Å².